The van der Waals surface area contributed by atoms with Crippen molar-refractivity contribution < 1.29 is 14.4 Å². The monoisotopic (exact) mass is 570 g/mol. The summed E-state index contributed by atoms with van der Waals surface area (Å²) in [5.41, 5.74) is 6.87. The van der Waals surface area contributed by atoms with Crippen molar-refractivity contribution in [3.8, 4) is 0 Å². The predicted molar refractivity (Wildman–Crippen MR) is 154 cm³/mol. The molecule has 3 amide bonds. The van der Waals surface area contributed by atoms with Crippen molar-refractivity contribution in [1.29, 1.82) is 0 Å². The molecule has 9 heteroatoms. The summed E-state index contributed by atoms with van der Waals surface area (Å²) in [5.74, 6) is -0.675. The minimum atomic E-state index is -1.10. The van der Waals surface area contributed by atoms with E-state index < -0.39 is 5.54 Å². The van der Waals surface area contributed by atoms with Gasteiger partial charge in [0.15, 0.2) is 0 Å². The van der Waals surface area contributed by atoms with E-state index in [4.69, 9.17) is 28.9 Å². The topological polar surface area (TPSA) is 95.7 Å². The number of amides is 3. The first kappa shape index (κ1) is 27.9. The Balaban J connectivity index is 1.56. The number of nitrogens with zero attached hydrogens (tertiary/aromatic N) is 2. The van der Waals surface area contributed by atoms with E-state index in [2.05, 4.69) is 10.2 Å². The molecule has 2 aromatic rings. The van der Waals surface area contributed by atoms with Gasteiger partial charge in [-0.1, -0.05) is 67.1 Å². The van der Waals surface area contributed by atoms with E-state index in [0.717, 1.165) is 49.7 Å². The first-order valence-corrected chi connectivity index (χ1v) is 14.7. The lowest BCUT2D eigenvalue weighted by Gasteiger charge is -2.45. The number of piperidine rings is 1. The number of rotatable bonds is 7. The van der Waals surface area contributed by atoms with Crippen LogP contribution in [0.15, 0.2) is 42.5 Å². The van der Waals surface area contributed by atoms with Crippen LogP contribution in [-0.4, -0.2) is 53.2 Å². The predicted octanol–water partition coefficient (Wildman–Crippen LogP) is 5.13. The molecule has 39 heavy (non-hydrogen) atoms. The van der Waals surface area contributed by atoms with Crippen LogP contribution in [0.5, 0.6) is 0 Å². The first-order chi connectivity index (χ1) is 18.8. The number of primary amides is 1. The fraction of sp³-hybridized carbons (Fsp3) is 0.500. The zero-order valence-electron chi connectivity index (χ0n) is 22.1. The molecule has 7 nitrogen and oxygen atoms in total. The minimum Gasteiger partial charge on any atom is -0.369 e. The highest BCUT2D eigenvalue weighted by Gasteiger charge is 2.54. The van der Waals surface area contributed by atoms with Crippen LogP contribution in [0.1, 0.15) is 62.5 Å². The summed E-state index contributed by atoms with van der Waals surface area (Å²) < 4.78 is 0. The van der Waals surface area contributed by atoms with Gasteiger partial charge in [0.25, 0.3) is 0 Å². The van der Waals surface area contributed by atoms with Gasteiger partial charge in [0.1, 0.15) is 5.54 Å². The van der Waals surface area contributed by atoms with Crippen LogP contribution >= 0.6 is 23.2 Å². The average molecular weight is 572 g/mol. The van der Waals surface area contributed by atoms with Crippen molar-refractivity contribution in [2.24, 2.45) is 11.7 Å². The summed E-state index contributed by atoms with van der Waals surface area (Å²) >= 11 is 12.7. The van der Waals surface area contributed by atoms with Crippen molar-refractivity contribution >= 4 is 46.6 Å². The summed E-state index contributed by atoms with van der Waals surface area (Å²) in [4.78, 5) is 43.8. The van der Waals surface area contributed by atoms with E-state index in [1.54, 1.807) is 6.07 Å². The van der Waals surface area contributed by atoms with E-state index in [1.807, 2.05) is 41.3 Å². The number of likely N-dealkylation sites (tertiary alicyclic amines) is 1. The highest BCUT2D eigenvalue weighted by molar-refractivity contribution is 6.31. The van der Waals surface area contributed by atoms with E-state index in [1.165, 1.54) is 0 Å². The molecule has 5 rings (SSSR count). The lowest BCUT2D eigenvalue weighted by Crippen LogP contribution is -2.59. The van der Waals surface area contributed by atoms with Gasteiger partial charge in [-0.3, -0.25) is 19.3 Å². The van der Waals surface area contributed by atoms with Crippen molar-refractivity contribution in [3.63, 3.8) is 0 Å². The van der Waals surface area contributed by atoms with Crippen LogP contribution < -0.4 is 11.1 Å². The summed E-state index contributed by atoms with van der Waals surface area (Å²) in [6.07, 6.45) is 7.77. The van der Waals surface area contributed by atoms with E-state index in [-0.39, 0.29) is 36.2 Å². The third kappa shape index (κ3) is 5.81. The Morgan fingerprint density at radius 3 is 2.33 bits per heavy atom. The van der Waals surface area contributed by atoms with Crippen LogP contribution in [-0.2, 0) is 26.3 Å². The van der Waals surface area contributed by atoms with Crippen LogP contribution in [0.4, 0.5) is 5.69 Å². The van der Waals surface area contributed by atoms with Crippen molar-refractivity contribution in [1.82, 2.24) is 9.80 Å². The normalized spacial score (nSPS) is 22.4. The molecule has 1 atom stereocenters. The van der Waals surface area contributed by atoms with Gasteiger partial charge in [0.05, 0.1) is 6.54 Å². The molecule has 3 N–H and O–H groups in total. The first-order valence-electron chi connectivity index (χ1n) is 14.0. The van der Waals surface area contributed by atoms with Crippen LogP contribution in [0.25, 0.3) is 0 Å². The van der Waals surface area contributed by atoms with Crippen LogP contribution in [0.2, 0.25) is 10.0 Å². The molecule has 1 unspecified atom stereocenters. The Bertz CT molecular complexity index is 1240. The SMILES string of the molecule is NC(=O)C1CCN(C(=O)CN(C2CCCCCC2)C2(Cc3cccc(Cl)c3)C(=O)Nc3cc(Cl)ccc32)CC1. The number of hydrogen-bond donors (Lipinski definition) is 2. The number of anilines is 1. The number of benzene rings is 2. The molecule has 0 aromatic heterocycles. The van der Waals surface area contributed by atoms with E-state index >= 15 is 0 Å². The molecule has 2 fully saturated rings. The minimum absolute atomic E-state index is 0.0251. The number of carbonyl (C=O) groups is 3. The van der Waals surface area contributed by atoms with E-state index in [0.29, 0.717) is 48.1 Å². The van der Waals surface area contributed by atoms with Gasteiger partial charge >= 0.3 is 0 Å². The van der Waals surface area contributed by atoms with Crippen molar-refractivity contribution in [2.75, 3.05) is 25.0 Å². The van der Waals surface area contributed by atoms with Crippen LogP contribution in [0, 0.1) is 5.92 Å². The van der Waals surface area contributed by atoms with Gasteiger partial charge in [-0.05, 0) is 55.5 Å². The van der Waals surface area contributed by atoms with Gasteiger partial charge in [-0.2, -0.15) is 0 Å². The molecule has 2 aliphatic heterocycles. The second kappa shape index (κ2) is 11.9. The fourth-order valence-electron chi connectivity index (χ4n) is 6.64. The average Bonchev–Trinajstić information content (AvgIpc) is 3.06. The van der Waals surface area contributed by atoms with Crippen molar-refractivity contribution in [2.45, 2.75) is 69.4 Å². The second-order valence-electron chi connectivity index (χ2n) is 11.1. The Morgan fingerprint density at radius 2 is 1.67 bits per heavy atom. The molecule has 2 heterocycles. The highest BCUT2D eigenvalue weighted by Crippen LogP contribution is 2.46. The molecule has 2 aromatic carbocycles. The van der Waals surface area contributed by atoms with Crippen molar-refractivity contribution in [3.05, 3.63) is 63.6 Å². The molecule has 0 bridgehead atoms. The molecule has 208 valence electrons. The maximum absolute atomic E-state index is 14.2. The Morgan fingerprint density at radius 1 is 0.974 bits per heavy atom. The largest absolute Gasteiger partial charge is 0.369 e. The number of carbonyl (C=O) groups excluding carboxylic acids is 3. The van der Waals surface area contributed by atoms with E-state index in [9.17, 15) is 14.4 Å². The lowest BCUT2D eigenvalue weighted by atomic mass is 9.81. The molecule has 0 spiro atoms. The molecular formula is C30H36Cl2N4O3. The van der Waals surface area contributed by atoms with Gasteiger partial charge in [-0.15, -0.1) is 0 Å². The van der Waals surface area contributed by atoms with Gasteiger partial charge in [0, 0.05) is 52.8 Å². The van der Waals surface area contributed by atoms with Crippen LogP contribution in [0.3, 0.4) is 0 Å². The molecular weight excluding hydrogens is 535 g/mol. The smallest absolute Gasteiger partial charge is 0.249 e. The Hall–Kier alpha value is -2.61. The summed E-state index contributed by atoms with van der Waals surface area (Å²) in [5, 5.41) is 4.24. The Kier molecular flexibility index (Phi) is 8.50. The molecule has 1 saturated carbocycles. The fourth-order valence-corrected chi connectivity index (χ4v) is 7.02. The lowest BCUT2D eigenvalue weighted by molar-refractivity contribution is -0.142. The van der Waals surface area contributed by atoms with Gasteiger partial charge in [0.2, 0.25) is 17.7 Å². The maximum Gasteiger partial charge on any atom is 0.249 e. The quantitative estimate of drug-likeness (QED) is 0.451. The number of nitrogens with one attached hydrogen (secondary N) is 1. The standard InChI is InChI=1S/C30H36Cl2N4O3/c31-22-7-5-6-20(16-22)18-30(25-11-10-23(32)17-26(25)34-29(30)39)36(24-8-3-1-2-4-9-24)19-27(37)35-14-12-21(13-15-35)28(33)38/h5-7,10-11,16-17,21,24H,1-4,8-9,12-15,18-19H2,(H2,33,38)(H,34,39). The summed E-state index contributed by atoms with van der Waals surface area (Å²) in [7, 11) is 0. The maximum atomic E-state index is 14.2. The number of halogens is 2. The third-order valence-electron chi connectivity index (χ3n) is 8.71. The van der Waals surface area contributed by atoms with Gasteiger partial charge in [-0.25, -0.2) is 0 Å². The summed E-state index contributed by atoms with van der Waals surface area (Å²) in [6, 6.07) is 13.2. The Labute approximate surface area is 240 Å². The molecule has 1 saturated heterocycles. The number of hydrogen-bond acceptors (Lipinski definition) is 4. The number of fused-ring (bicyclic) bond motifs is 1. The molecule has 3 aliphatic rings. The zero-order valence-corrected chi connectivity index (χ0v) is 23.6. The molecule has 1 aliphatic carbocycles. The second-order valence-corrected chi connectivity index (χ2v) is 12.0. The zero-order chi connectivity index (χ0) is 27.6. The molecule has 0 radical (unpaired) electrons. The van der Waals surface area contributed by atoms with Gasteiger partial charge < -0.3 is 16.0 Å². The number of nitrogens with two attached hydrogens (primary N) is 1. The third-order valence-corrected chi connectivity index (χ3v) is 9.18. The summed E-state index contributed by atoms with van der Waals surface area (Å²) in [6.45, 7) is 1.09. The highest BCUT2D eigenvalue weighted by atomic mass is 35.5.